The van der Waals surface area contributed by atoms with Gasteiger partial charge in [0.05, 0.1) is 5.02 Å². The van der Waals surface area contributed by atoms with Crippen molar-refractivity contribution >= 4 is 33.5 Å². The minimum Gasteiger partial charge on any atom is -0.481 e. The van der Waals surface area contributed by atoms with Crippen molar-refractivity contribution in [3.8, 4) is 11.5 Å². The molecule has 0 aliphatic rings. The topological polar surface area (TPSA) is 76.2 Å². The van der Waals surface area contributed by atoms with Crippen LogP contribution in [0.4, 0.5) is 0 Å². The number of carbonyl (C=O) groups is 1. The predicted octanol–water partition coefficient (Wildman–Crippen LogP) is 3.81. The van der Waals surface area contributed by atoms with Crippen LogP contribution in [0.15, 0.2) is 27.1 Å². The fourth-order valence-electron chi connectivity index (χ4n) is 1.75. The molecule has 0 radical (unpaired) electrons. The van der Waals surface area contributed by atoms with Gasteiger partial charge >= 0.3 is 5.97 Å². The summed E-state index contributed by atoms with van der Waals surface area (Å²) < 4.78 is 6.32. The van der Waals surface area contributed by atoms with Crippen molar-refractivity contribution in [1.29, 1.82) is 0 Å². The minimum absolute atomic E-state index is 0.0608. The molecule has 0 bridgehead atoms. The lowest BCUT2D eigenvalue weighted by Gasteiger charge is -2.03. The number of carboxylic acids is 1. The van der Waals surface area contributed by atoms with E-state index in [9.17, 15) is 4.79 Å². The average Bonchev–Trinajstić information content (AvgIpc) is 2.80. The Morgan fingerprint density at radius 3 is 2.90 bits per heavy atom. The summed E-state index contributed by atoms with van der Waals surface area (Å²) in [6.45, 7) is 1.83. The molecular weight excluding hydrogens is 348 g/mol. The molecule has 1 unspecified atom stereocenters. The molecule has 0 aliphatic carbocycles. The number of aromatic nitrogens is 2. The number of rotatable bonds is 5. The maximum Gasteiger partial charge on any atom is 0.303 e. The van der Waals surface area contributed by atoms with Crippen LogP contribution < -0.4 is 0 Å². The molecule has 0 aliphatic heterocycles. The van der Waals surface area contributed by atoms with Crippen LogP contribution in [0, 0.1) is 5.92 Å². The summed E-state index contributed by atoms with van der Waals surface area (Å²) in [5.41, 5.74) is 0.725. The molecule has 0 saturated carbocycles. The predicted molar refractivity (Wildman–Crippen MR) is 77.6 cm³/mol. The normalized spacial score (nSPS) is 12.3. The number of nitrogens with zero attached hydrogens (tertiary/aromatic N) is 2. The summed E-state index contributed by atoms with van der Waals surface area (Å²) in [6.07, 6.45) is 0.505. The molecule has 1 atom stereocenters. The molecular formula is C13H12BrClN2O3. The minimum atomic E-state index is -0.836. The van der Waals surface area contributed by atoms with E-state index in [-0.39, 0.29) is 12.3 Å². The van der Waals surface area contributed by atoms with Crippen molar-refractivity contribution in [3.63, 3.8) is 0 Å². The summed E-state index contributed by atoms with van der Waals surface area (Å²) in [6, 6.07) is 5.34. The number of hydrogen-bond donors (Lipinski definition) is 1. The number of benzene rings is 1. The second-order valence-electron chi connectivity index (χ2n) is 4.54. The maximum atomic E-state index is 10.6. The zero-order valence-electron chi connectivity index (χ0n) is 10.6. The number of aliphatic carboxylic acids is 1. The molecule has 5 nitrogen and oxygen atoms in total. The lowest BCUT2D eigenvalue weighted by molar-refractivity contribution is -0.137. The third-order valence-electron chi connectivity index (χ3n) is 2.68. The van der Waals surface area contributed by atoms with Gasteiger partial charge in [-0.25, -0.2) is 0 Å². The Kier molecular flexibility index (Phi) is 4.77. The van der Waals surface area contributed by atoms with Gasteiger partial charge in [0.25, 0.3) is 0 Å². The number of halogens is 2. The molecule has 1 N–H and O–H groups in total. The lowest BCUT2D eigenvalue weighted by atomic mass is 10.0. The molecule has 0 spiro atoms. The highest BCUT2D eigenvalue weighted by molar-refractivity contribution is 9.10. The second kappa shape index (κ2) is 6.37. The van der Waals surface area contributed by atoms with E-state index < -0.39 is 5.97 Å². The van der Waals surface area contributed by atoms with Crippen molar-refractivity contribution in [2.75, 3.05) is 0 Å². The van der Waals surface area contributed by atoms with Crippen molar-refractivity contribution in [3.05, 3.63) is 33.6 Å². The molecule has 20 heavy (non-hydrogen) atoms. The Labute approximate surface area is 129 Å². The molecule has 0 saturated heterocycles. The Balaban J connectivity index is 2.12. The fourth-order valence-corrected chi connectivity index (χ4v) is 2.18. The lowest BCUT2D eigenvalue weighted by Crippen LogP contribution is -2.07. The highest BCUT2D eigenvalue weighted by Crippen LogP contribution is 2.28. The molecule has 7 heteroatoms. The Morgan fingerprint density at radius 1 is 1.50 bits per heavy atom. The van der Waals surface area contributed by atoms with Gasteiger partial charge in [-0.05, 0) is 40.0 Å². The van der Waals surface area contributed by atoms with E-state index in [2.05, 4.69) is 26.1 Å². The van der Waals surface area contributed by atoms with Crippen LogP contribution in [0.3, 0.4) is 0 Å². The smallest absolute Gasteiger partial charge is 0.303 e. The summed E-state index contributed by atoms with van der Waals surface area (Å²) in [7, 11) is 0. The molecule has 1 aromatic heterocycles. The van der Waals surface area contributed by atoms with Gasteiger partial charge in [0.15, 0.2) is 0 Å². The SMILES string of the molecule is CC(CC(=O)O)Cc1nnc(-c2ccc(Br)c(Cl)c2)o1. The van der Waals surface area contributed by atoms with Crippen LogP contribution in [0.1, 0.15) is 19.2 Å². The number of carboxylic acid groups (broad SMARTS) is 1. The highest BCUT2D eigenvalue weighted by atomic mass is 79.9. The van der Waals surface area contributed by atoms with Gasteiger partial charge < -0.3 is 9.52 Å². The van der Waals surface area contributed by atoms with Gasteiger partial charge in [-0.15, -0.1) is 10.2 Å². The van der Waals surface area contributed by atoms with E-state index in [0.29, 0.717) is 23.2 Å². The summed E-state index contributed by atoms with van der Waals surface area (Å²) in [5, 5.41) is 17.2. The molecule has 0 amide bonds. The molecule has 2 rings (SSSR count). The van der Waals surface area contributed by atoms with Crippen LogP contribution in [0.25, 0.3) is 11.5 Å². The first kappa shape index (κ1) is 15.0. The average molecular weight is 360 g/mol. The van der Waals surface area contributed by atoms with E-state index in [0.717, 1.165) is 10.0 Å². The van der Waals surface area contributed by atoms with Gasteiger partial charge in [-0.1, -0.05) is 18.5 Å². The third-order valence-corrected chi connectivity index (χ3v) is 3.91. The molecule has 1 heterocycles. The van der Waals surface area contributed by atoms with Crippen LogP contribution in [-0.4, -0.2) is 21.3 Å². The van der Waals surface area contributed by atoms with Gasteiger partial charge in [0, 0.05) is 22.9 Å². The molecule has 2 aromatic rings. The molecule has 0 fully saturated rings. The van der Waals surface area contributed by atoms with Crippen LogP contribution in [0.5, 0.6) is 0 Å². The standard InChI is InChI=1S/C13H12BrClN2O3/c1-7(5-12(18)19)4-11-16-17-13(20-11)8-2-3-9(14)10(15)6-8/h2-3,6-7H,4-5H2,1H3,(H,18,19). The van der Waals surface area contributed by atoms with Gasteiger partial charge in [-0.2, -0.15) is 0 Å². The Bertz CT molecular complexity index is 630. The Hall–Kier alpha value is -1.40. The van der Waals surface area contributed by atoms with Gasteiger partial charge in [0.1, 0.15) is 0 Å². The van der Waals surface area contributed by atoms with Gasteiger partial charge in [-0.3, -0.25) is 4.79 Å². The van der Waals surface area contributed by atoms with Crippen LogP contribution >= 0.6 is 27.5 Å². The summed E-state index contributed by atoms with van der Waals surface area (Å²) in [4.78, 5) is 10.6. The zero-order valence-corrected chi connectivity index (χ0v) is 13.0. The van der Waals surface area contributed by atoms with E-state index in [1.54, 1.807) is 12.1 Å². The third kappa shape index (κ3) is 3.80. The van der Waals surface area contributed by atoms with Crippen LogP contribution in [-0.2, 0) is 11.2 Å². The Morgan fingerprint density at radius 2 is 2.25 bits per heavy atom. The number of hydrogen-bond acceptors (Lipinski definition) is 4. The second-order valence-corrected chi connectivity index (χ2v) is 5.80. The summed E-state index contributed by atoms with van der Waals surface area (Å²) in [5.74, 6) is -0.101. The van der Waals surface area contributed by atoms with Crippen molar-refractivity contribution in [2.24, 2.45) is 5.92 Å². The molecule has 106 valence electrons. The van der Waals surface area contributed by atoms with Gasteiger partial charge in [0.2, 0.25) is 11.8 Å². The first-order valence-corrected chi connectivity index (χ1v) is 7.12. The largest absolute Gasteiger partial charge is 0.481 e. The highest BCUT2D eigenvalue weighted by Gasteiger charge is 2.14. The summed E-state index contributed by atoms with van der Waals surface area (Å²) >= 11 is 9.32. The molecule has 1 aromatic carbocycles. The maximum absolute atomic E-state index is 10.6. The first-order chi connectivity index (χ1) is 9.45. The van der Waals surface area contributed by atoms with E-state index in [4.69, 9.17) is 21.1 Å². The van der Waals surface area contributed by atoms with Crippen molar-refractivity contribution < 1.29 is 14.3 Å². The fraction of sp³-hybridized carbons (Fsp3) is 0.308. The van der Waals surface area contributed by atoms with Crippen molar-refractivity contribution in [2.45, 2.75) is 19.8 Å². The van der Waals surface area contributed by atoms with Crippen LogP contribution in [0.2, 0.25) is 5.02 Å². The van der Waals surface area contributed by atoms with Crippen molar-refractivity contribution in [1.82, 2.24) is 10.2 Å². The zero-order chi connectivity index (χ0) is 14.7. The monoisotopic (exact) mass is 358 g/mol. The quantitative estimate of drug-likeness (QED) is 0.878. The van der Waals surface area contributed by atoms with E-state index in [1.165, 1.54) is 0 Å². The van der Waals surface area contributed by atoms with E-state index >= 15 is 0 Å². The van der Waals surface area contributed by atoms with E-state index in [1.807, 2.05) is 13.0 Å². The first-order valence-electron chi connectivity index (χ1n) is 5.95.